The molecule has 0 N–H and O–H groups in total. The van der Waals surface area contributed by atoms with E-state index in [-0.39, 0.29) is 0 Å². The van der Waals surface area contributed by atoms with Crippen molar-refractivity contribution in [1.82, 2.24) is 0 Å². The van der Waals surface area contributed by atoms with Crippen LogP contribution in [0, 0.1) is 0 Å². The molecule has 0 atom stereocenters. The van der Waals surface area contributed by atoms with Crippen molar-refractivity contribution in [2.45, 2.75) is 0 Å². The molecule has 20 aromatic carbocycles. The maximum absolute atomic E-state index is 7.14. The Balaban J connectivity index is 0.656. The number of fused-ring (bicyclic) bond motifs is 7. The molecule has 122 heavy (non-hydrogen) atoms. The van der Waals surface area contributed by atoms with Crippen LogP contribution in [-0.2, 0) is 0 Å². The topological polar surface area (TPSA) is 32.8 Å². The van der Waals surface area contributed by atoms with E-state index in [1.165, 1.54) is 5.56 Å². The molecule has 0 fully saturated rings. The Kier molecular flexibility index (Phi) is 18.6. The number of hydrogen-bond acceptors (Lipinski definition) is 4. The van der Waals surface area contributed by atoms with Crippen molar-refractivity contribution in [3.05, 3.63) is 473 Å². The molecule has 4 heteroatoms. The van der Waals surface area contributed by atoms with Gasteiger partial charge < -0.3 is 18.6 Å². The molecule has 0 amide bonds. The highest BCUT2D eigenvalue weighted by Crippen LogP contribution is 2.52. The Labute approximate surface area is 709 Å². The molecule has 0 saturated heterocycles. The molecule has 0 saturated carbocycles. The normalized spacial score (nSPS) is 11.4. The molecule has 4 nitrogen and oxygen atoms in total. The molecule has 0 unspecified atom stereocenters. The van der Waals surface area contributed by atoms with Gasteiger partial charge in [-0.25, -0.2) is 0 Å². The predicted octanol–water partition coefficient (Wildman–Crippen LogP) is 33.6. The van der Waals surface area contributed by atoms with Crippen LogP contribution in [0.4, 0.5) is 34.1 Å². The van der Waals surface area contributed by atoms with Gasteiger partial charge in [0.15, 0.2) is 0 Å². The third-order valence-electron chi connectivity index (χ3n) is 24.1. The van der Waals surface area contributed by atoms with E-state index in [2.05, 4.69) is 477 Å². The Hall–Kier alpha value is -16.1. The summed E-state index contributed by atoms with van der Waals surface area (Å²) in [6, 6.07) is 172. The zero-order valence-corrected chi connectivity index (χ0v) is 66.7. The number of anilines is 6. The standard InChI is InChI=1S/C118H78N2O2/c1-7-30-79(31-8-1)92-62-70-113(105(73-92)86-38-15-5-16-39-86)119(111-52-24-21-47-99(111)84-36-13-4-14-37-84)95-64-58-81(59-65-95)91-61-69-98(83-34-11-3-12-35-83)108(76-91)110-78-94(77-109-102-49-23-26-55-116(102)122-118(109)110)89-45-27-44-88(72-89)93-63-71-114(106(74-93)87-40-17-6-18-41-87)120(112-53-28-43-85-42-19-20-46-100(85)112)96-66-56-80(57-67-96)90-60-68-97(82-32-9-2-10-33-82)107(75-90)104-51-29-50-103-101-48-22-25-54-115(101)121-117(103)104/h1-78H. The maximum Gasteiger partial charge on any atom is 0.143 e. The van der Waals surface area contributed by atoms with Crippen molar-refractivity contribution in [2.24, 2.45) is 0 Å². The summed E-state index contributed by atoms with van der Waals surface area (Å²) >= 11 is 0. The number of hydrogen-bond donors (Lipinski definition) is 0. The molecular formula is C118H78N2O2. The second-order valence-corrected chi connectivity index (χ2v) is 31.3. The van der Waals surface area contributed by atoms with Gasteiger partial charge in [0.1, 0.15) is 22.3 Å². The van der Waals surface area contributed by atoms with Crippen LogP contribution >= 0.6 is 0 Å². The first-order valence-corrected chi connectivity index (χ1v) is 41.7. The van der Waals surface area contributed by atoms with Crippen molar-refractivity contribution >= 4 is 88.8 Å². The molecule has 22 rings (SSSR count). The van der Waals surface area contributed by atoms with Crippen molar-refractivity contribution in [1.29, 1.82) is 0 Å². The van der Waals surface area contributed by atoms with E-state index in [1.54, 1.807) is 0 Å². The minimum absolute atomic E-state index is 0.837. The van der Waals surface area contributed by atoms with Gasteiger partial charge in [-0.1, -0.05) is 370 Å². The quantitative estimate of drug-likeness (QED) is 0.0857. The maximum atomic E-state index is 7.14. The first-order chi connectivity index (χ1) is 60.5. The van der Waals surface area contributed by atoms with Gasteiger partial charge in [-0.15, -0.1) is 0 Å². The van der Waals surface area contributed by atoms with Crippen LogP contribution in [0.3, 0.4) is 0 Å². The van der Waals surface area contributed by atoms with E-state index in [0.29, 0.717) is 0 Å². The first-order valence-electron chi connectivity index (χ1n) is 41.7. The van der Waals surface area contributed by atoms with Crippen LogP contribution < -0.4 is 9.80 Å². The van der Waals surface area contributed by atoms with Crippen molar-refractivity contribution in [3.63, 3.8) is 0 Å². The summed E-state index contributed by atoms with van der Waals surface area (Å²) in [6.45, 7) is 0. The van der Waals surface area contributed by atoms with Gasteiger partial charge in [-0.05, 0) is 214 Å². The van der Waals surface area contributed by atoms with E-state index in [0.717, 1.165) is 217 Å². The monoisotopic (exact) mass is 1550 g/mol. The Bertz CT molecular complexity index is 7640. The highest BCUT2D eigenvalue weighted by atomic mass is 16.3. The Morgan fingerprint density at radius 1 is 0.139 bits per heavy atom. The van der Waals surface area contributed by atoms with Crippen molar-refractivity contribution in [2.75, 3.05) is 9.80 Å². The van der Waals surface area contributed by atoms with Crippen LogP contribution in [0.25, 0.3) is 188 Å². The SMILES string of the molecule is c1ccc(-c2ccc(N(c3ccc(-c4ccc(-c5ccccc5)c(-c5cc(-c6cccc(-c7ccc(N(c8ccc(-c9ccc(-c%10ccccc%10)c(-c%10cccc%11c%10oc%10ccccc%10%11)c9)cc8)c8cccc9ccccc89)c(-c8ccccc8)c7)c6)cc6c5oc5ccccc56)c4)cc3)c3ccccc3-c3ccccc3)c(-c3ccccc3)c2)cc1. The van der Waals surface area contributed by atoms with Crippen LogP contribution in [0.5, 0.6) is 0 Å². The average Bonchev–Trinajstić information content (AvgIpc) is 1.49. The predicted molar refractivity (Wildman–Crippen MR) is 513 cm³/mol. The van der Waals surface area contributed by atoms with Crippen LogP contribution in [0.2, 0.25) is 0 Å². The Morgan fingerprint density at radius 2 is 0.451 bits per heavy atom. The van der Waals surface area contributed by atoms with Gasteiger partial charge in [0.2, 0.25) is 0 Å². The molecule has 572 valence electrons. The lowest BCUT2D eigenvalue weighted by Crippen LogP contribution is -2.12. The van der Waals surface area contributed by atoms with E-state index < -0.39 is 0 Å². The molecule has 22 aromatic rings. The number of para-hydroxylation sites is 4. The molecule has 0 aliphatic carbocycles. The van der Waals surface area contributed by atoms with Gasteiger partial charge >= 0.3 is 0 Å². The molecule has 0 spiro atoms. The van der Waals surface area contributed by atoms with Crippen LogP contribution in [-0.4, -0.2) is 0 Å². The van der Waals surface area contributed by atoms with E-state index in [9.17, 15) is 0 Å². The van der Waals surface area contributed by atoms with E-state index in [1.807, 2.05) is 6.07 Å². The first kappa shape index (κ1) is 72.3. The number of nitrogens with zero attached hydrogens (tertiary/aromatic N) is 2. The van der Waals surface area contributed by atoms with Gasteiger partial charge in [0.25, 0.3) is 0 Å². The molecular weight excluding hydrogens is 1480 g/mol. The third kappa shape index (κ3) is 13.4. The zero-order valence-electron chi connectivity index (χ0n) is 66.7. The third-order valence-corrected chi connectivity index (χ3v) is 24.1. The van der Waals surface area contributed by atoms with Gasteiger partial charge in [0.05, 0.1) is 22.7 Å². The van der Waals surface area contributed by atoms with Gasteiger partial charge in [-0.2, -0.15) is 0 Å². The summed E-state index contributed by atoms with van der Waals surface area (Å²) in [4.78, 5) is 4.90. The van der Waals surface area contributed by atoms with E-state index >= 15 is 0 Å². The average molecular weight is 1560 g/mol. The number of rotatable bonds is 18. The van der Waals surface area contributed by atoms with Crippen molar-refractivity contribution < 1.29 is 8.83 Å². The minimum atomic E-state index is 0.837. The molecule has 0 aliphatic heterocycles. The molecule has 2 heterocycles. The second kappa shape index (κ2) is 31.4. The lowest BCUT2D eigenvalue weighted by molar-refractivity contribution is 0.669. The van der Waals surface area contributed by atoms with E-state index in [4.69, 9.17) is 8.83 Å². The highest BCUT2D eigenvalue weighted by Gasteiger charge is 2.27. The van der Waals surface area contributed by atoms with Crippen LogP contribution in [0.1, 0.15) is 0 Å². The van der Waals surface area contributed by atoms with Gasteiger partial charge in [0, 0.05) is 66.1 Å². The summed E-state index contributed by atoms with van der Waals surface area (Å²) in [5, 5.41) is 6.64. The lowest BCUT2D eigenvalue weighted by Gasteiger charge is -2.30. The fourth-order valence-electron chi connectivity index (χ4n) is 18.2. The molecule has 2 aromatic heterocycles. The summed E-state index contributed by atoms with van der Waals surface area (Å²) in [6.07, 6.45) is 0. The van der Waals surface area contributed by atoms with Crippen molar-refractivity contribution in [3.8, 4) is 134 Å². The number of benzene rings is 20. The summed E-state index contributed by atoms with van der Waals surface area (Å²) in [5.74, 6) is 0. The second-order valence-electron chi connectivity index (χ2n) is 31.3. The summed E-state index contributed by atoms with van der Waals surface area (Å²) in [5.41, 5.74) is 36.3. The summed E-state index contributed by atoms with van der Waals surface area (Å²) in [7, 11) is 0. The largest absolute Gasteiger partial charge is 0.455 e. The Morgan fingerprint density at radius 3 is 1.00 bits per heavy atom. The van der Waals surface area contributed by atoms with Gasteiger partial charge in [-0.3, -0.25) is 0 Å². The number of furan rings is 2. The fourth-order valence-corrected chi connectivity index (χ4v) is 18.2. The molecule has 0 aliphatic rings. The highest BCUT2D eigenvalue weighted by molar-refractivity contribution is 6.14. The van der Waals surface area contributed by atoms with Crippen LogP contribution in [0.15, 0.2) is 482 Å². The fraction of sp³-hybridized carbons (Fsp3) is 0. The zero-order chi connectivity index (χ0) is 80.8. The lowest BCUT2D eigenvalue weighted by atomic mass is 9.88. The molecule has 0 bridgehead atoms. The summed E-state index contributed by atoms with van der Waals surface area (Å²) < 4.78 is 13.9. The minimum Gasteiger partial charge on any atom is -0.455 e. The molecule has 0 radical (unpaired) electrons. The smallest absolute Gasteiger partial charge is 0.143 e.